The molecule has 0 spiro atoms. The van der Waals surface area contributed by atoms with Gasteiger partial charge in [-0.3, -0.25) is 0 Å². The van der Waals surface area contributed by atoms with E-state index in [2.05, 4.69) is 0 Å². The molecule has 0 saturated carbocycles. The van der Waals surface area contributed by atoms with Crippen LogP contribution in [-0.2, 0) is 10.0 Å². The molecule has 3 nitrogen and oxygen atoms in total. The predicted octanol–water partition coefficient (Wildman–Crippen LogP) is 4.02. The first-order valence-electron chi connectivity index (χ1n) is 6.45. The zero-order chi connectivity index (χ0) is 14.8. The van der Waals surface area contributed by atoms with Crippen LogP contribution in [-0.4, -0.2) is 31.7 Å². The summed E-state index contributed by atoms with van der Waals surface area (Å²) in [6.45, 7) is 1.05. The molecule has 1 aliphatic rings. The van der Waals surface area contributed by atoms with E-state index in [1.807, 2.05) is 0 Å². The van der Waals surface area contributed by atoms with Crippen molar-refractivity contribution in [2.45, 2.75) is 24.2 Å². The predicted molar refractivity (Wildman–Crippen MR) is 83.3 cm³/mol. The largest absolute Gasteiger partial charge is 0.243 e. The molecule has 0 aliphatic carbocycles. The lowest BCUT2D eigenvalue weighted by molar-refractivity contribution is 0.262. The van der Waals surface area contributed by atoms with Crippen LogP contribution in [0.4, 0.5) is 0 Å². The summed E-state index contributed by atoms with van der Waals surface area (Å²) < 4.78 is 26.7. The lowest BCUT2D eigenvalue weighted by atomic mass is 9.97. The van der Waals surface area contributed by atoms with E-state index in [-0.39, 0.29) is 4.90 Å². The van der Waals surface area contributed by atoms with Crippen LogP contribution in [0.2, 0.25) is 10.0 Å². The Bertz CT molecular complexity index is 555. The van der Waals surface area contributed by atoms with E-state index in [9.17, 15) is 8.42 Å². The van der Waals surface area contributed by atoms with Gasteiger partial charge in [-0.2, -0.15) is 4.31 Å². The van der Waals surface area contributed by atoms with E-state index in [4.69, 9.17) is 34.8 Å². The van der Waals surface area contributed by atoms with E-state index < -0.39 is 10.0 Å². The quantitative estimate of drug-likeness (QED) is 0.764. The van der Waals surface area contributed by atoms with Crippen LogP contribution >= 0.6 is 34.8 Å². The number of halogens is 3. The molecule has 0 aromatic heterocycles. The molecule has 1 aliphatic heterocycles. The Balaban J connectivity index is 2.25. The first-order chi connectivity index (χ1) is 9.43. The first kappa shape index (κ1) is 16.4. The van der Waals surface area contributed by atoms with E-state index in [1.54, 1.807) is 0 Å². The lowest BCUT2D eigenvalue weighted by Gasteiger charge is -2.31. The van der Waals surface area contributed by atoms with Crippen LogP contribution in [0.25, 0.3) is 0 Å². The molecule has 1 aromatic rings. The summed E-state index contributed by atoms with van der Waals surface area (Å²) in [5.41, 5.74) is 0. The minimum atomic E-state index is -3.54. The van der Waals surface area contributed by atoms with Crippen molar-refractivity contribution in [2.75, 3.05) is 19.0 Å². The molecule has 1 aromatic carbocycles. The summed E-state index contributed by atoms with van der Waals surface area (Å²) in [5.74, 6) is 0.882. The van der Waals surface area contributed by atoms with Crippen LogP contribution in [0.15, 0.2) is 23.1 Å². The van der Waals surface area contributed by atoms with Crippen molar-refractivity contribution in [3.63, 3.8) is 0 Å². The second-order valence-corrected chi connectivity index (χ2v) is 8.14. The normalized spacial score (nSPS) is 21.1. The molecule has 1 atom stereocenters. The summed E-state index contributed by atoms with van der Waals surface area (Å²) in [7, 11) is -3.54. The Morgan fingerprint density at radius 2 is 1.85 bits per heavy atom. The Morgan fingerprint density at radius 1 is 1.20 bits per heavy atom. The van der Waals surface area contributed by atoms with E-state index in [1.165, 1.54) is 22.5 Å². The summed E-state index contributed by atoms with van der Waals surface area (Å²) in [5, 5.41) is 0.649. The molecule has 1 unspecified atom stereocenters. The number of piperidine rings is 1. The maximum atomic E-state index is 12.6. The highest BCUT2D eigenvalue weighted by Crippen LogP contribution is 2.28. The van der Waals surface area contributed by atoms with E-state index >= 15 is 0 Å². The highest BCUT2D eigenvalue weighted by molar-refractivity contribution is 7.89. The standard InChI is InChI=1S/C13H16Cl3NO2S/c14-4-3-10-2-1-5-17(9-10)20(18,19)13-7-11(15)6-12(16)8-13/h6-8,10H,1-5,9H2. The summed E-state index contributed by atoms with van der Waals surface area (Å²) in [6.07, 6.45) is 2.72. The van der Waals surface area contributed by atoms with Crippen LogP contribution in [0, 0.1) is 5.92 Å². The smallest absolute Gasteiger partial charge is 0.207 e. The highest BCUT2D eigenvalue weighted by Gasteiger charge is 2.30. The van der Waals surface area contributed by atoms with Crippen LogP contribution < -0.4 is 0 Å². The van der Waals surface area contributed by atoms with Gasteiger partial charge in [0, 0.05) is 29.0 Å². The van der Waals surface area contributed by atoms with Gasteiger partial charge in [0.2, 0.25) is 10.0 Å². The zero-order valence-electron chi connectivity index (χ0n) is 10.9. The molecular weight excluding hydrogens is 341 g/mol. The van der Waals surface area contributed by atoms with Gasteiger partial charge >= 0.3 is 0 Å². The molecule has 0 N–H and O–H groups in total. The molecule has 112 valence electrons. The molecule has 2 rings (SSSR count). The van der Waals surface area contributed by atoms with Crippen LogP contribution in [0.5, 0.6) is 0 Å². The molecule has 0 amide bonds. The summed E-state index contributed by atoms with van der Waals surface area (Å²) >= 11 is 17.5. The molecule has 0 bridgehead atoms. The number of nitrogens with zero attached hydrogens (tertiary/aromatic N) is 1. The van der Waals surface area contributed by atoms with E-state index in [0.717, 1.165) is 19.3 Å². The second kappa shape index (κ2) is 6.84. The average molecular weight is 357 g/mol. The average Bonchev–Trinajstić information content (AvgIpc) is 2.38. The highest BCUT2D eigenvalue weighted by atomic mass is 35.5. The van der Waals surface area contributed by atoms with Crippen LogP contribution in [0.1, 0.15) is 19.3 Å². The van der Waals surface area contributed by atoms with E-state index in [0.29, 0.717) is 34.9 Å². The van der Waals surface area contributed by atoms with Gasteiger partial charge in [-0.15, -0.1) is 11.6 Å². The maximum Gasteiger partial charge on any atom is 0.243 e. The minimum absolute atomic E-state index is 0.154. The summed E-state index contributed by atoms with van der Waals surface area (Å²) in [4.78, 5) is 0.154. The van der Waals surface area contributed by atoms with Gasteiger partial charge in [0.25, 0.3) is 0 Å². The number of benzene rings is 1. The van der Waals surface area contributed by atoms with Gasteiger partial charge in [-0.1, -0.05) is 23.2 Å². The number of alkyl halides is 1. The Morgan fingerprint density at radius 3 is 2.45 bits per heavy atom. The molecule has 1 fully saturated rings. The zero-order valence-corrected chi connectivity index (χ0v) is 13.9. The fourth-order valence-corrected chi connectivity index (χ4v) is 5.05. The number of rotatable bonds is 4. The monoisotopic (exact) mass is 355 g/mol. The van der Waals surface area contributed by atoms with Gasteiger partial charge in [-0.25, -0.2) is 8.42 Å². The fraction of sp³-hybridized carbons (Fsp3) is 0.538. The van der Waals surface area contributed by atoms with Crippen LogP contribution in [0.3, 0.4) is 0 Å². The molecule has 7 heteroatoms. The lowest BCUT2D eigenvalue weighted by Crippen LogP contribution is -2.40. The van der Waals surface area contributed by atoms with Crippen molar-refractivity contribution in [3.8, 4) is 0 Å². The third-order valence-electron chi connectivity index (χ3n) is 3.47. The molecule has 20 heavy (non-hydrogen) atoms. The SMILES string of the molecule is O=S(=O)(c1cc(Cl)cc(Cl)c1)N1CCCC(CCCl)C1. The molecule has 1 heterocycles. The number of hydrogen-bond acceptors (Lipinski definition) is 2. The third-order valence-corrected chi connectivity index (χ3v) is 5.97. The van der Waals surface area contributed by atoms with Gasteiger partial charge < -0.3 is 0 Å². The van der Waals surface area contributed by atoms with Gasteiger partial charge in [0.15, 0.2) is 0 Å². The fourth-order valence-electron chi connectivity index (χ4n) is 2.46. The summed E-state index contributed by atoms with van der Waals surface area (Å²) in [6, 6.07) is 4.40. The number of hydrogen-bond donors (Lipinski definition) is 0. The Kier molecular flexibility index (Phi) is 5.60. The van der Waals surface area contributed by atoms with Crippen molar-refractivity contribution in [2.24, 2.45) is 5.92 Å². The Labute approximate surface area is 134 Å². The number of sulfonamides is 1. The van der Waals surface area contributed by atoms with Gasteiger partial charge in [0.1, 0.15) is 0 Å². The first-order valence-corrected chi connectivity index (χ1v) is 9.19. The minimum Gasteiger partial charge on any atom is -0.207 e. The van der Waals surface area contributed by atoms with Crippen molar-refractivity contribution in [3.05, 3.63) is 28.2 Å². The third kappa shape index (κ3) is 3.80. The topological polar surface area (TPSA) is 37.4 Å². The van der Waals surface area contributed by atoms with Crippen molar-refractivity contribution in [1.29, 1.82) is 0 Å². The Hall–Kier alpha value is -0.000000000000000111. The molecular formula is C13H16Cl3NO2S. The van der Waals surface area contributed by atoms with Crippen molar-refractivity contribution < 1.29 is 8.42 Å². The van der Waals surface area contributed by atoms with Gasteiger partial charge in [-0.05, 0) is 43.4 Å². The van der Waals surface area contributed by atoms with Gasteiger partial charge in [0.05, 0.1) is 4.90 Å². The molecule has 1 saturated heterocycles. The van der Waals surface area contributed by atoms with Crippen molar-refractivity contribution >= 4 is 44.8 Å². The van der Waals surface area contributed by atoms with Crippen molar-refractivity contribution in [1.82, 2.24) is 4.31 Å². The maximum absolute atomic E-state index is 12.6. The molecule has 0 radical (unpaired) electrons. The second-order valence-electron chi connectivity index (χ2n) is 4.95.